The van der Waals surface area contributed by atoms with Crippen molar-refractivity contribution in [2.45, 2.75) is 37.0 Å². The monoisotopic (exact) mass is 350 g/mol. The van der Waals surface area contributed by atoms with Crippen molar-refractivity contribution < 1.29 is 22.4 Å². The van der Waals surface area contributed by atoms with Crippen LogP contribution in [0.3, 0.4) is 0 Å². The van der Waals surface area contributed by atoms with E-state index in [2.05, 4.69) is 24.1 Å². The van der Waals surface area contributed by atoms with Gasteiger partial charge in [-0.15, -0.1) is 0 Å². The zero-order valence-corrected chi connectivity index (χ0v) is 14.5. The lowest BCUT2D eigenvalue weighted by Gasteiger charge is -2.36. The van der Waals surface area contributed by atoms with Gasteiger partial charge in [0, 0.05) is 18.5 Å². The molecule has 4 rings (SSSR count). The SMILES string of the molecule is COc1ccc2c3c1O[C@H]1C[C@@H](OS(=O)[O-])C=C[C@]31CCN(C)C2. The Hall–Kier alpha value is -1.41. The maximum atomic E-state index is 10.9. The summed E-state index contributed by atoms with van der Waals surface area (Å²) in [5, 5.41) is 0. The summed E-state index contributed by atoms with van der Waals surface area (Å²) >= 11 is -2.53. The first-order valence-corrected chi connectivity index (χ1v) is 9.05. The van der Waals surface area contributed by atoms with Gasteiger partial charge in [0.15, 0.2) is 11.5 Å². The third-order valence-corrected chi connectivity index (χ3v) is 5.74. The maximum absolute atomic E-state index is 10.9. The molecule has 0 fully saturated rings. The van der Waals surface area contributed by atoms with E-state index < -0.39 is 17.5 Å². The van der Waals surface area contributed by atoms with Crippen LogP contribution in [0.2, 0.25) is 0 Å². The fourth-order valence-electron chi connectivity index (χ4n) is 4.24. The molecule has 1 aromatic rings. The molecule has 3 aliphatic rings. The van der Waals surface area contributed by atoms with Gasteiger partial charge in [-0.1, -0.05) is 18.2 Å². The number of ether oxygens (including phenoxy) is 2. The van der Waals surface area contributed by atoms with Crippen molar-refractivity contribution in [1.29, 1.82) is 0 Å². The zero-order valence-electron chi connectivity index (χ0n) is 13.7. The molecule has 4 atom stereocenters. The van der Waals surface area contributed by atoms with Crippen molar-refractivity contribution in [1.82, 2.24) is 4.90 Å². The molecule has 0 saturated carbocycles. The second-order valence-corrected chi connectivity index (χ2v) is 7.30. The summed E-state index contributed by atoms with van der Waals surface area (Å²) < 4.78 is 38.5. The fraction of sp³-hybridized carbons (Fsp3) is 0.529. The van der Waals surface area contributed by atoms with E-state index in [0.29, 0.717) is 6.42 Å². The quantitative estimate of drug-likeness (QED) is 0.610. The van der Waals surface area contributed by atoms with Crippen molar-refractivity contribution in [2.24, 2.45) is 0 Å². The van der Waals surface area contributed by atoms with Crippen molar-refractivity contribution in [3.63, 3.8) is 0 Å². The summed E-state index contributed by atoms with van der Waals surface area (Å²) in [6.07, 6.45) is 4.75. The molecule has 6 nitrogen and oxygen atoms in total. The molecular weight excluding hydrogens is 330 g/mol. The summed E-state index contributed by atoms with van der Waals surface area (Å²) in [6, 6.07) is 4.05. The molecule has 1 aromatic carbocycles. The van der Waals surface area contributed by atoms with E-state index in [1.807, 2.05) is 12.1 Å². The van der Waals surface area contributed by atoms with E-state index in [9.17, 15) is 8.76 Å². The van der Waals surface area contributed by atoms with E-state index in [4.69, 9.17) is 13.7 Å². The summed E-state index contributed by atoms with van der Waals surface area (Å²) in [5.41, 5.74) is 2.19. The van der Waals surface area contributed by atoms with E-state index in [1.165, 1.54) is 11.1 Å². The van der Waals surface area contributed by atoms with Gasteiger partial charge in [-0.25, -0.2) is 4.21 Å². The second kappa shape index (κ2) is 5.84. The Kier molecular flexibility index (Phi) is 3.91. The number of benzene rings is 1. The van der Waals surface area contributed by atoms with Gasteiger partial charge in [0.2, 0.25) is 0 Å². The number of nitrogens with zero attached hydrogens (tertiary/aromatic N) is 1. The number of hydrogen-bond donors (Lipinski definition) is 0. The van der Waals surface area contributed by atoms with Gasteiger partial charge in [-0.2, -0.15) is 0 Å². The lowest BCUT2D eigenvalue weighted by Crippen LogP contribution is -2.43. The third kappa shape index (κ3) is 2.38. The molecule has 1 spiro atoms. The summed E-state index contributed by atoms with van der Waals surface area (Å²) in [4.78, 5) is 2.30. The van der Waals surface area contributed by atoms with Crippen LogP contribution in [0.15, 0.2) is 24.3 Å². The van der Waals surface area contributed by atoms with Crippen LogP contribution in [-0.4, -0.2) is 46.6 Å². The lowest BCUT2D eigenvalue weighted by molar-refractivity contribution is 0.0929. The molecule has 0 radical (unpaired) electrons. The summed E-state index contributed by atoms with van der Waals surface area (Å²) in [6.45, 7) is 1.81. The molecule has 0 amide bonds. The van der Waals surface area contributed by atoms with Crippen LogP contribution in [0.25, 0.3) is 0 Å². The van der Waals surface area contributed by atoms with Crippen molar-refractivity contribution in [3.05, 3.63) is 35.4 Å². The molecule has 24 heavy (non-hydrogen) atoms. The van der Waals surface area contributed by atoms with Crippen molar-refractivity contribution in [2.75, 3.05) is 20.7 Å². The predicted octanol–water partition coefficient (Wildman–Crippen LogP) is 1.67. The average Bonchev–Trinajstić information content (AvgIpc) is 2.80. The molecule has 130 valence electrons. The van der Waals surface area contributed by atoms with Crippen molar-refractivity contribution in [3.8, 4) is 11.5 Å². The first kappa shape index (κ1) is 16.1. The normalized spacial score (nSPS) is 32.5. The van der Waals surface area contributed by atoms with Crippen LogP contribution < -0.4 is 9.47 Å². The Labute approximate surface area is 143 Å². The lowest BCUT2D eigenvalue weighted by atomic mass is 9.69. The van der Waals surface area contributed by atoms with Crippen LogP contribution in [0, 0.1) is 0 Å². The number of rotatable bonds is 3. The van der Waals surface area contributed by atoms with Crippen LogP contribution >= 0.6 is 0 Å². The molecule has 0 bridgehead atoms. The van der Waals surface area contributed by atoms with Gasteiger partial charge in [0.05, 0.1) is 30.0 Å². The Morgan fingerprint density at radius 3 is 3.04 bits per heavy atom. The van der Waals surface area contributed by atoms with Gasteiger partial charge in [-0.05, 0) is 31.6 Å². The minimum atomic E-state index is -2.53. The van der Waals surface area contributed by atoms with Crippen LogP contribution in [0.5, 0.6) is 11.5 Å². The first-order chi connectivity index (χ1) is 11.5. The third-order valence-electron chi connectivity index (χ3n) is 5.33. The molecule has 2 heterocycles. The van der Waals surface area contributed by atoms with E-state index in [-0.39, 0.29) is 11.5 Å². The number of methoxy groups -OCH3 is 1. The van der Waals surface area contributed by atoms with Gasteiger partial charge in [-0.3, -0.25) is 4.18 Å². The fourth-order valence-corrected chi connectivity index (χ4v) is 4.58. The Morgan fingerprint density at radius 1 is 1.46 bits per heavy atom. The van der Waals surface area contributed by atoms with E-state index in [0.717, 1.165) is 31.0 Å². The molecule has 0 saturated heterocycles. The van der Waals surface area contributed by atoms with E-state index >= 15 is 0 Å². The second-order valence-electron chi connectivity index (χ2n) is 6.70. The van der Waals surface area contributed by atoms with Gasteiger partial charge >= 0.3 is 0 Å². The van der Waals surface area contributed by atoms with Crippen LogP contribution in [0.1, 0.15) is 24.0 Å². The summed E-state index contributed by atoms with van der Waals surface area (Å²) in [5.74, 6) is 1.52. The summed E-state index contributed by atoms with van der Waals surface area (Å²) in [7, 11) is 3.75. The number of hydrogen-bond acceptors (Lipinski definition) is 6. The predicted molar refractivity (Wildman–Crippen MR) is 87.6 cm³/mol. The average molecular weight is 350 g/mol. The highest BCUT2D eigenvalue weighted by Gasteiger charge is 2.52. The Balaban J connectivity index is 1.82. The topological polar surface area (TPSA) is 71.1 Å². The first-order valence-electron chi connectivity index (χ1n) is 8.05. The highest BCUT2D eigenvalue weighted by molar-refractivity contribution is 7.74. The molecule has 7 heteroatoms. The van der Waals surface area contributed by atoms with Gasteiger partial charge < -0.3 is 18.9 Å². The zero-order chi connectivity index (χ0) is 16.9. The van der Waals surface area contributed by atoms with Gasteiger partial charge in [0.1, 0.15) is 6.10 Å². The smallest absolute Gasteiger partial charge is 0.166 e. The van der Waals surface area contributed by atoms with Crippen molar-refractivity contribution >= 4 is 11.4 Å². The highest BCUT2D eigenvalue weighted by Crippen LogP contribution is 2.55. The van der Waals surface area contributed by atoms with Crippen LogP contribution in [-0.2, 0) is 27.5 Å². The highest BCUT2D eigenvalue weighted by atomic mass is 32.2. The standard InChI is InChI=1S/C17H21NO5S/c1-18-8-7-17-6-5-12(23-24(19)20)9-14(17)22-16-13(21-2)4-3-11(10-18)15(16)17/h3-6,12,14H,7-10H2,1-2H3,(H,19,20)/p-1/t12-,14-,17+/m0/s1. The molecule has 1 unspecified atom stereocenters. The molecule has 1 aliphatic carbocycles. The Bertz CT molecular complexity index is 721. The largest absolute Gasteiger partial charge is 0.750 e. The molecular formula is C17H20NO5S-. The Morgan fingerprint density at radius 2 is 2.29 bits per heavy atom. The molecule has 2 aliphatic heterocycles. The van der Waals surface area contributed by atoms with Crippen LogP contribution in [0.4, 0.5) is 0 Å². The van der Waals surface area contributed by atoms with Gasteiger partial charge in [0.25, 0.3) is 0 Å². The maximum Gasteiger partial charge on any atom is 0.166 e. The van der Waals surface area contributed by atoms with E-state index in [1.54, 1.807) is 7.11 Å². The molecule has 0 aromatic heterocycles. The minimum absolute atomic E-state index is 0.146. The minimum Gasteiger partial charge on any atom is -0.750 e. The molecule has 0 N–H and O–H groups in total.